The molecule has 8 nitrogen and oxygen atoms in total. The van der Waals surface area contributed by atoms with Crippen LogP contribution in [-0.2, 0) is 29.5 Å². The molecule has 0 spiro atoms. The molecular formula is C26H28N4O4S. The topological polar surface area (TPSA) is 101 Å². The Morgan fingerprint density at radius 3 is 2.63 bits per heavy atom. The largest absolute Gasteiger partial charge is 0.495 e. The fourth-order valence-corrected chi connectivity index (χ4v) is 5.70. The number of carbonyl (C=O) groups is 1. The lowest BCUT2D eigenvalue weighted by Crippen LogP contribution is -2.31. The molecule has 9 heteroatoms. The zero-order valence-corrected chi connectivity index (χ0v) is 20.3. The van der Waals surface area contributed by atoms with Gasteiger partial charge in [0.25, 0.3) is 5.91 Å². The van der Waals surface area contributed by atoms with Gasteiger partial charge >= 0.3 is 0 Å². The Kier molecular flexibility index (Phi) is 6.44. The fraction of sp³-hybridized carbons (Fsp3) is 0.308. The summed E-state index contributed by atoms with van der Waals surface area (Å²) < 4.78 is 33.3. The first kappa shape index (κ1) is 23.3. The van der Waals surface area contributed by atoms with Crippen molar-refractivity contribution in [3.05, 3.63) is 83.0 Å². The summed E-state index contributed by atoms with van der Waals surface area (Å²) in [5, 5.41) is 2.85. The number of anilines is 1. The standard InChI is InChI=1S/C26H28N4O4S/c1-34-23-10-7-20(14-24(23)35(32,33)29-22-8-9-22)26(31)28-16-18-6-11-25(27-15-18)30-13-12-19-4-2-3-5-21(19)17-30/h2-7,10-11,14-15,22,29H,8-9,12-13,16-17H2,1H3,(H,28,31). The van der Waals surface area contributed by atoms with Gasteiger partial charge in [-0.1, -0.05) is 30.3 Å². The van der Waals surface area contributed by atoms with Crippen LogP contribution < -0.4 is 19.7 Å². The van der Waals surface area contributed by atoms with Crippen LogP contribution in [0, 0.1) is 0 Å². The Morgan fingerprint density at radius 1 is 1.11 bits per heavy atom. The molecule has 2 aromatic carbocycles. The van der Waals surface area contributed by atoms with Crippen LogP contribution in [0.5, 0.6) is 5.75 Å². The molecule has 0 unspecified atom stereocenters. The summed E-state index contributed by atoms with van der Waals surface area (Å²) in [5.41, 5.74) is 3.82. The van der Waals surface area contributed by atoms with E-state index in [0.29, 0.717) is 0 Å². The van der Waals surface area contributed by atoms with Gasteiger partial charge in [-0.25, -0.2) is 18.1 Å². The zero-order chi connectivity index (χ0) is 24.4. The summed E-state index contributed by atoms with van der Waals surface area (Å²) in [7, 11) is -2.36. The van der Waals surface area contributed by atoms with Crippen LogP contribution in [0.4, 0.5) is 5.82 Å². The van der Waals surface area contributed by atoms with E-state index in [1.54, 1.807) is 12.3 Å². The molecule has 5 rings (SSSR count). The molecule has 1 aromatic heterocycles. The molecule has 35 heavy (non-hydrogen) atoms. The van der Waals surface area contributed by atoms with Crippen molar-refractivity contribution in [1.29, 1.82) is 0 Å². The quantitative estimate of drug-likeness (QED) is 0.501. The number of nitrogens with zero attached hydrogens (tertiary/aromatic N) is 2. The monoisotopic (exact) mass is 492 g/mol. The minimum atomic E-state index is -3.77. The van der Waals surface area contributed by atoms with E-state index in [-0.39, 0.29) is 34.7 Å². The SMILES string of the molecule is COc1ccc(C(=O)NCc2ccc(N3CCc4ccccc4C3)nc2)cc1S(=O)(=O)NC1CC1. The number of aromatic nitrogens is 1. The number of benzene rings is 2. The second-order valence-electron chi connectivity index (χ2n) is 8.91. The molecule has 2 N–H and O–H groups in total. The Hall–Kier alpha value is -3.43. The Bertz CT molecular complexity index is 1340. The number of hydrogen-bond donors (Lipinski definition) is 2. The number of nitrogens with one attached hydrogen (secondary N) is 2. The van der Waals surface area contributed by atoms with E-state index >= 15 is 0 Å². The van der Waals surface area contributed by atoms with E-state index in [0.717, 1.165) is 43.7 Å². The smallest absolute Gasteiger partial charge is 0.251 e. The predicted molar refractivity (Wildman–Crippen MR) is 133 cm³/mol. The van der Waals surface area contributed by atoms with E-state index in [1.165, 1.54) is 30.4 Å². The number of methoxy groups -OCH3 is 1. The maximum atomic E-state index is 12.8. The highest BCUT2D eigenvalue weighted by Gasteiger charge is 2.30. The van der Waals surface area contributed by atoms with Gasteiger partial charge < -0.3 is 15.0 Å². The van der Waals surface area contributed by atoms with Crippen molar-refractivity contribution in [2.24, 2.45) is 0 Å². The minimum absolute atomic E-state index is 0.0336. The highest BCUT2D eigenvalue weighted by Crippen LogP contribution is 2.28. The third kappa shape index (κ3) is 5.31. The Morgan fingerprint density at radius 2 is 1.91 bits per heavy atom. The van der Waals surface area contributed by atoms with Gasteiger partial charge in [-0.15, -0.1) is 0 Å². The number of hydrogen-bond acceptors (Lipinski definition) is 6. The van der Waals surface area contributed by atoms with Crippen molar-refractivity contribution >= 4 is 21.7 Å². The molecule has 1 saturated carbocycles. The van der Waals surface area contributed by atoms with Gasteiger partial charge in [0.1, 0.15) is 16.5 Å². The van der Waals surface area contributed by atoms with E-state index in [4.69, 9.17) is 4.74 Å². The maximum absolute atomic E-state index is 12.8. The van der Waals surface area contributed by atoms with Crippen LogP contribution in [0.2, 0.25) is 0 Å². The van der Waals surface area contributed by atoms with E-state index in [1.807, 2.05) is 12.1 Å². The van der Waals surface area contributed by atoms with Crippen LogP contribution in [0.15, 0.2) is 65.7 Å². The first-order valence-electron chi connectivity index (χ1n) is 11.7. The lowest BCUT2D eigenvalue weighted by molar-refractivity contribution is 0.0950. The average molecular weight is 493 g/mol. The third-order valence-corrected chi connectivity index (χ3v) is 7.87. The van der Waals surface area contributed by atoms with Crippen LogP contribution in [0.3, 0.4) is 0 Å². The predicted octanol–water partition coefficient (Wildman–Crippen LogP) is 3.02. The summed E-state index contributed by atoms with van der Waals surface area (Å²) in [4.78, 5) is 19.6. The Balaban J connectivity index is 1.23. The van der Waals surface area contributed by atoms with Gasteiger partial charge in [-0.05, 0) is 60.2 Å². The van der Waals surface area contributed by atoms with Gasteiger partial charge in [0.2, 0.25) is 10.0 Å². The zero-order valence-electron chi connectivity index (χ0n) is 19.5. The second kappa shape index (κ2) is 9.67. The number of amides is 1. The second-order valence-corrected chi connectivity index (χ2v) is 10.6. The van der Waals surface area contributed by atoms with Crippen molar-refractivity contribution in [1.82, 2.24) is 15.0 Å². The first-order valence-corrected chi connectivity index (χ1v) is 13.2. The highest BCUT2D eigenvalue weighted by atomic mass is 32.2. The summed E-state index contributed by atoms with van der Waals surface area (Å²) in [5.74, 6) is 0.741. The summed E-state index contributed by atoms with van der Waals surface area (Å²) in [6, 6.07) is 16.8. The molecule has 1 aliphatic heterocycles. The summed E-state index contributed by atoms with van der Waals surface area (Å²) in [6.45, 7) is 2.03. The number of ether oxygens (including phenoxy) is 1. The molecule has 1 amide bonds. The lowest BCUT2D eigenvalue weighted by Gasteiger charge is -2.29. The molecule has 2 heterocycles. The van der Waals surface area contributed by atoms with Gasteiger partial charge in [0.15, 0.2) is 0 Å². The van der Waals surface area contributed by atoms with Gasteiger partial charge in [0.05, 0.1) is 7.11 Å². The lowest BCUT2D eigenvalue weighted by atomic mass is 10.00. The van der Waals surface area contributed by atoms with E-state index in [2.05, 4.69) is 44.2 Å². The minimum Gasteiger partial charge on any atom is -0.495 e. The maximum Gasteiger partial charge on any atom is 0.251 e. The average Bonchev–Trinajstić information content (AvgIpc) is 3.70. The number of sulfonamides is 1. The molecule has 0 bridgehead atoms. The van der Waals surface area contributed by atoms with Gasteiger partial charge in [0, 0.05) is 37.4 Å². The van der Waals surface area contributed by atoms with E-state index in [9.17, 15) is 13.2 Å². The van der Waals surface area contributed by atoms with Crippen molar-refractivity contribution in [2.45, 2.75) is 43.3 Å². The molecular weight excluding hydrogens is 464 g/mol. The summed E-state index contributed by atoms with van der Waals surface area (Å²) >= 11 is 0. The number of pyridine rings is 1. The third-order valence-electron chi connectivity index (χ3n) is 6.33. The molecule has 0 radical (unpaired) electrons. The van der Waals surface area contributed by atoms with Crippen molar-refractivity contribution in [2.75, 3.05) is 18.6 Å². The highest BCUT2D eigenvalue weighted by molar-refractivity contribution is 7.89. The normalized spacial score (nSPS) is 15.4. The molecule has 0 saturated heterocycles. The van der Waals surface area contributed by atoms with Crippen LogP contribution in [-0.4, -0.2) is 39.0 Å². The molecule has 182 valence electrons. The van der Waals surface area contributed by atoms with Gasteiger partial charge in [-0.3, -0.25) is 4.79 Å². The molecule has 3 aromatic rings. The van der Waals surface area contributed by atoms with Crippen molar-refractivity contribution < 1.29 is 17.9 Å². The number of carbonyl (C=O) groups excluding carboxylic acids is 1. The molecule has 1 fully saturated rings. The number of rotatable bonds is 8. The van der Waals surface area contributed by atoms with Crippen LogP contribution in [0.1, 0.15) is 39.9 Å². The number of fused-ring (bicyclic) bond motifs is 1. The van der Waals surface area contributed by atoms with Crippen LogP contribution in [0.25, 0.3) is 0 Å². The molecule has 2 aliphatic rings. The van der Waals surface area contributed by atoms with Gasteiger partial charge in [-0.2, -0.15) is 0 Å². The van der Waals surface area contributed by atoms with Crippen LogP contribution >= 0.6 is 0 Å². The van der Waals surface area contributed by atoms with E-state index < -0.39 is 10.0 Å². The first-order chi connectivity index (χ1) is 16.9. The fourth-order valence-electron chi connectivity index (χ4n) is 4.20. The van der Waals surface area contributed by atoms with Crippen molar-refractivity contribution in [3.8, 4) is 5.75 Å². The Labute approximate surface area is 205 Å². The molecule has 1 aliphatic carbocycles. The summed E-state index contributed by atoms with van der Waals surface area (Å²) in [6.07, 6.45) is 4.39. The molecule has 0 atom stereocenters. The van der Waals surface area contributed by atoms with Crippen molar-refractivity contribution in [3.63, 3.8) is 0 Å².